The summed E-state index contributed by atoms with van der Waals surface area (Å²) < 4.78 is 0. The molecule has 0 amide bonds. The minimum absolute atomic E-state index is 0.575. The lowest BCUT2D eigenvalue weighted by Crippen LogP contribution is -2.41. The third-order valence-corrected chi connectivity index (χ3v) is 3.10. The van der Waals surface area contributed by atoms with Gasteiger partial charge in [-0.15, -0.1) is 0 Å². The summed E-state index contributed by atoms with van der Waals surface area (Å²) >= 11 is 0. The Morgan fingerprint density at radius 2 is 2.20 bits per heavy atom. The van der Waals surface area contributed by atoms with E-state index >= 15 is 0 Å². The van der Waals surface area contributed by atoms with Crippen LogP contribution in [-0.2, 0) is 4.79 Å². The zero-order chi connectivity index (χ0) is 11.4. The van der Waals surface area contributed by atoms with Crippen molar-refractivity contribution < 1.29 is 9.90 Å². The molecule has 0 aromatic carbocycles. The minimum Gasteiger partial charge on any atom is -0.478 e. The van der Waals surface area contributed by atoms with Crippen molar-refractivity contribution in [1.29, 1.82) is 0 Å². The maximum atomic E-state index is 10.5. The van der Waals surface area contributed by atoms with E-state index in [1.165, 1.54) is 18.9 Å². The summed E-state index contributed by atoms with van der Waals surface area (Å²) in [6.07, 6.45) is 3.76. The molecule has 0 aliphatic carbocycles. The monoisotopic (exact) mass is 211 g/mol. The van der Waals surface area contributed by atoms with Crippen LogP contribution in [-0.4, -0.2) is 35.1 Å². The van der Waals surface area contributed by atoms with Crippen molar-refractivity contribution in [2.75, 3.05) is 13.1 Å². The van der Waals surface area contributed by atoms with Gasteiger partial charge in [-0.1, -0.05) is 12.5 Å². The average molecular weight is 211 g/mol. The molecule has 86 valence electrons. The van der Waals surface area contributed by atoms with Crippen LogP contribution in [0, 0.1) is 5.92 Å². The summed E-state index contributed by atoms with van der Waals surface area (Å²) in [6.45, 7) is 8.28. The number of carboxylic acid groups (broad SMARTS) is 1. The molecule has 0 bridgehead atoms. The zero-order valence-corrected chi connectivity index (χ0v) is 9.86. The third kappa shape index (κ3) is 4.04. The van der Waals surface area contributed by atoms with Gasteiger partial charge in [0.25, 0.3) is 0 Å². The van der Waals surface area contributed by atoms with Gasteiger partial charge in [0, 0.05) is 18.7 Å². The molecule has 1 aliphatic rings. The van der Waals surface area contributed by atoms with Gasteiger partial charge in [-0.2, -0.15) is 0 Å². The van der Waals surface area contributed by atoms with Crippen molar-refractivity contribution in [2.45, 2.75) is 39.7 Å². The highest BCUT2D eigenvalue weighted by Gasteiger charge is 2.22. The second-order valence-electron chi connectivity index (χ2n) is 4.78. The van der Waals surface area contributed by atoms with Crippen molar-refractivity contribution in [2.24, 2.45) is 5.92 Å². The summed E-state index contributed by atoms with van der Waals surface area (Å²) in [4.78, 5) is 12.9. The lowest BCUT2D eigenvalue weighted by molar-refractivity contribution is -0.131. The average Bonchev–Trinajstić information content (AvgIpc) is 2.08. The predicted octanol–water partition coefficient (Wildman–Crippen LogP) is 2.14. The standard InChI is InChI=1S/C12H21NO2/c1-9-4-5-13(11(3)6-9)8-10(2)7-12(14)15/h7,9,11H,4-6,8H2,1-3H3,(H,14,15). The van der Waals surface area contributed by atoms with E-state index in [9.17, 15) is 4.79 Å². The quantitative estimate of drug-likeness (QED) is 0.727. The molecule has 15 heavy (non-hydrogen) atoms. The predicted molar refractivity (Wildman–Crippen MR) is 60.8 cm³/mol. The number of piperidine rings is 1. The van der Waals surface area contributed by atoms with Crippen LogP contribution in [0.5, 0.6) is 0 Å². The fraction of sp³-hybridized carbons (Fsp3) is 0.750. The third-order valence-electron chi connectivity index (χ3n) is 3.10. The lowest BCUT2D eigenvalue weighted by atomic mass is 9.93. The number of carbonyl (C=O) groups is 1. The van der Waals surface area contributed by atoms with Gasteiger partial charge in [0.05, 0.1) is 0 Å². The highest BCUT2D eigenvalue weighted by molar-refractivity contribution is 5.80. The Morgan fingerprint density at radius 1 is 1.53 bits per heavy atom. The first-order chi connectivity index (χ1) is 6.99. The van der Waals surface area contributed by atoms with Crippen molar-refractivity contribution in [3.63, 3.8) is 0 Å². The molecular formula is C12H21NO2. The topological polar surface area (TPSA) is 40.5 Å². The Bertz CT molecular complexity index is 260. The normalized spacial score (nSPS) is 29.1. The highest BCUT2D eigenvalue weighted by Crippen LogP contribution is 2.22. The molecule has 1 fully saturated rings. The molecule has 0 radical (unpaired) electrons. The number of nitrogens with zero attached hydrogens (tertiary/aromatic N) is 1. The molecule has 3 heteroatoms. The SMILES string of the molecule is CC(=CC(=O)O)CN1CCC(C)CC1C. The van der Waals surface area contributed by atoms with E-state index in [4.69, 9.17) is 5.11 Å². The van der Waals surface area contributed by atoms with Crippen molar-refractivity contribution in [1.82, 2.24) is 4.90 Å². The van der Waals surface area contributed by atoms with Gasteiger partial charge in [-0.3, -0.25) is 4.90 Å². The first-order valence-corrected chi connectivity index (χ1v) is 5.63. The summed E-state index contributed by atoms with van der Waals surface area (Å²) in [5, 5.41) is 8.63. The van der Waals surface area contributed by atoms with E-state index in [1.807, 2.05) is 6.92 Å². The van der Waals surface area contributed by atoms with Crippen LogP contribution >= 0.6 is 0 Å². The van der Waals surface area contributed by atoms with Gasteiger partial charge in [0.15, 0.2) is 0 Å². The smallest absolute Gasteiger partial charge is 0.328 e. The summed E-state index contributed by atoms with van der Waals surface area (Å²) in [7, 11) is 0. The number of hydrogen-bond donors (Lipinski definition) is 1. The fourth-order valence-electron chi connectivity index (χ4n) is 2.27. The molecule has 0 spiro atoms. The highest BCUT2D eigenvalue weighted by atomic mass is 16.4. The first-order valence-electron chi connectivity index (χ1n) is 5.63. The lowest BCUT2D eigenvalue weighted by Gasteiger charge is -2.36. The van der Waals surface area contributed by atoms with Gasteiger partial charge < -0.3 is 5.11 Å². The van der Waals surface area contributed by atoms with Crippen molar-refractivity contribution >= 4 is 5.97 Å². The Balaban J connectivity index is 2.48. The van der Waals surface area contributed by atoms with Crippen LogP contribution < -0.4 is 0 Å². The van der Waals surface area contributed by atoms with E-state index < -0.39 is 5.97 Å². The van der Waals surface area contributed by atoms with Gasteiger partial charge >= 0.3 is 5.97 Å². The number of aliphatic carboxylic acids is 1. The van der Waals surface area contributed by atoms with Crippen LogP contribution in [0.4, 0.5) is 0 Å². The van der Waals surface area contributed by atoms with Crippen LogP contribution in [0.15, 0.2) is 11.6 Å². The molecule has 0 aromatic rings. The summed E-state index contributed by atoms with van der Waals surface area (Å²) in [6, 6.07) is 0.575. The molecule has 0 aromatic heterocycles. The van der Waals surface area contributed by atoms with E-state index in [1.54, 1.807) is 0 Å². The van der Waals surface area contributed by atoms with Gasteiger partial charge in [0.1, 0.15) is 0 Å². The van der Waals surface area contributed by atoms with Gasteiger partial charge in [-0.05, 0) is 39.2 Å². The van der Waals surface area contributed by atoms with E-state index in [0.717, 1.165) is 24.6 Å². The Morgan fingerprint density at radius 3 is 2.73 bits per heavy atom. The zero-order valence-electron chi connectivity index (χ0n) is 9.86. The summed E-state index contributed by atoms with van der Waals surface area (Å²) in [5.74, 6) is -0.0365. The maximum Gasteiger partial charge on any atom is 0.328 e. The largest absolute Gasteiger partial charge is 0.478 e. The number of likely N-dealkylation sites (tertiary alicyclic amines) is 1. The molecular weight excluding hydrogens is 190 g/mol. The number of rotatable bonds is 3. The van der Waals surface area contributed by atoms with Crippen LogP contribution in [0.1, 0.15) is 33.6 Å². The van der Waals surface area contributed by atoms with Crippen LogP contribution in [0.25, 0.3) is 0 Å². The second-order valence-corrected chi connectivity index (χ2v) is 4.78. The van der Waals surface area contributed by atoms with E-state index in [-0.39, 0.29) is 0 Å². The molecule has 1 aliphatic heterocycles. The summed E-state index contributed by atoms with van der Waals surface area (Å²) in [5.41, 5.74) is 0.934. The van der Waals surface area contributed by atoms with E-state index in [0.29, 0.717) is 6.04 Å². The molecule has 1 heterocycles. The molecule has 1 saturated heterocycles. The van der Waals surface area contributed by atoms with Gasteiger partial charge in [0.2, 0.25) is 0 Å². The first kappa shape index (κ1) is 12.2. The Hall–Kier alpha value is -0.830. The number of hydrogen-bond acceptors (Lipinski definition) is 2. The second kappa shape index (κ2) is 5.31. The fourth-order valence-corrected chi connectivity index (χ4v) is 2.27. The van der Waals surface area contributed by atoms with Crippen LogP contribution in [0.2, 0.25) is 0 Å². The number of carboxylic acids is 1. The van der Waals surface area contributed by atoms with Crippen molar-refractivity contribution in [3.8, 4) is 0 Å². The molecule has 2 unspecified atom stereocenters. The molecule has 1 N–H and O–H groups in total. The molecule has 3 nitrogen and oxygen atoms in total. The van der Waals surface area contributed by atoms with E-state index in [2.05, 4.69) is 18.7 Å². The Labute approximate surface area is 91.8 Å². The molecule has 1 rings (SSSR count). The van der Waals surface area contributed by atoms with Gasteiger partial charge in [-0.25, -0.2) is 4.79 Å². The molecule has 0 saturated carbocycles. The van der Waals surface area contributed by atoms with Crippen molar-refractivity contribution in [3.05, 3.63) is 11.6 Å². The van der Waals surface area contributed by atoms with Crippen LogP contribution in [0.3, 0.4) is 0 Å². The Kier molecular flexibility index (Phi) is 4.33. The minimum atomic E-state index is -0.842. The molecule has 2 atom stereocenters. The maximum absolute atomic E-state index is 10.5.